The minimum Gasteiger partial charge on any atom is -0.496 e. The van der Waals surface area contributed by atoms with Crippen LogP contribution in [0.1, 0.15) is 55.5 Å². The fourth-order valence-electron chi connectivity index (χ4n) is 6.41. The zero-order chi connectivity index (χ0) is 27.3. The summed E-state index contributed by atoms with van der Waals surface area (Å²) in [5, 5.41) is 10.5. The summed E-state index contributed by atoms with van der Waals surface area (Å²) in [6, 6.07) is 4.97. The number of fused-ring (bicyclic) bond motifs is 5. The maximum absolute atomic E-state index is 13.3. The molecule has 0 aromatic heterocycles. The van der Waals surface area contributed by atoms with Gasteiger partial charge in [0, 0.05) is 29.0 Å². The van der Waals surface area contributed by atoms with Crippen LogP contribution in [-0.4, -0.2) is 86.2 Å². The predicted octanol–water partition coefficient (Wildman–Crippen LogP) is 2.66. The topological polar surface area (TPSA) is 106 Å². The van der Waals surface area contributed by atoms with Gasteiger partial charge in [0.05, 0.1) is 25.8 Å². The van der Waals surface area contributed by atoms with Crippen LogP contribution < -0.4 is 14.2 Å². The molecule has 2 aromatic rings. The Hall–Kier alpha value is -2.92. The van der Waals surface area contributed by atoms with Crippen molar-refractivity contribution >= 4 is 29.6 Å². The Morgan fingerprint density at radius 2 is 2.00 bits per heavy atom. The van der Waals surface area contributed by atoms with E-state index in [-0.39, 0.29) is 42.6 Å². The van der Waals surface area contributed by atoms with Crippen LogP contribution in [0, 0.1) is 6.92 Å². The first kappa shape index (κ1) is 26.7. The first-order valence-corrected chi connectivity index (χ1v) is 13.8. The molecule has 3 aliphatic heterocycles. The summed E-state index contributed by atoms with van der Waals surface area (Å²) in [5.41, 5.74) is 4.78. The third-order valence-corrected chi connectivity index (χ3v) is 8.97. The highest BCUT2D eigenvalue weighted by atomic mass is 32.2. The van der Waals surface area contributed by atoms with Crippen LogP contribution in [0.4, 0.5) is 0 Å². The Kier molecular flexibility index (Phi) is 7.25. The van der Waals surface area contributed by atoms with Gasteiger partial charge in [-0.15, -0.1) is 0 Å². The predicted molar refractivity (Wildman–Crippen MR) is 142 cm³/mol. The van der Waals surface area contributed by atoms with Crippen molar-refractivity contribution in [3.8, 4) is 17.2 Å². The van der Waals surface area contributed by atoms with Crippen molar-refractivity contribution < 1.29 is 33.7 Å². The molecular weight excluding hydrogens is 508 g/mol. The SMILES string of the molecule is COc1cc2c(cc1C)CCN1C([C@H](SC)c3c(C(=O)C(=O)C=O)cc4c(c3[C@@H]1CO)OCO4)[C@@H]2N(C)C. The number of thioether (sulfide) groups is 1. The molecule has 3 aliphatic rings. The van der Waals surface area contributed by atoms with Gasteiger partial charge in [-0.3, -0.25) is 19.3 Å². The third-order valence-electron chi connectivity index (χ3n) is 7.95. The average molecular weight is 541 g/mol. The summed E-state index contributed by atoms with van der Waals surface area (Å²) in [4.78, 5) is 41.4. The van der Waals surface area contributed by atoms with Crippen molar-refractivity contribution in [2.45, 2.75) is 36.7 Å². The van der Waals surface area contributed by atoms with E-state index in [1.54, 1.807) is 18.9 Å². The van der Waals surface area contributed by atoms with E-state index in [9.17, 15) is 19.5 Å². The van der Waals surface area contributed by atoms with Gasteiger partial charge in [0.1, 0.15) is 5.75 Å². The number of Topliss-reactive ketones (excluding diaryl/α,β-unsaturated/α-hetero) is 2. The van der Waals surface area contributed by atoms with Crippen LogP contribution in [-0.2, 0) is 16.0 Å². The molecule has 0 saturated carbocycles. The van der Waals surface area contributed by atoms with Crippen molar-refractivity contribution in [2.75, 3.05) is 47.4 Å². The number of hydrogen-bond donors (Lipinski definition) is 1. The van der Waals surface area contributed by atoms with Crippen molar-refractivity contribution in [3.05, 3.63) is 51.6 Å². The summed E-state index contributed by atoms with van der Waals surface area (Å²) in [6.07, 6.45) is 2.78. The van der Waals surface area contributed by atoms with E-state index < -0.39 is 17.6 Å². The number of likely N-dealkylation sites (N-methyl/N-ethyl adjacent to an activating group) is 1. The van der Waals surface area contributed by atoms with E-state index in [0.717, 1.165) is 23.3 Å². The van der Waals surface area contributed by atoms with Gasteiger partial charge in [-0.2, -0.15) is 11.8 Å². The first-order chi connectivity index (χ1) is 18.3. The van der Waals surface area contributed by atoms with Crippen molar-refractivity contribution in [1.29, 1.82) is 0 Å². The van der Waals surface area contributed by atoms with Crippen LogP contribution >= 0.6 is 11.8 Å². The van der Waals surface area contributed by atoms with Crippen LogP contribution in [0.25, 0.3) is 0 Å². The second-order valence-electron chi connectivity index (χ2n) is 10.1. The standard InChI is InChI=1S/C28H32N2O7S/c1-14-8-15-6-7-30-18(11-31)23-22(17(26(34)19(33)12-32)10-21-27(23)37-13-36-21)28(38-5)25(30)24(29(2)3)16(15)9-20(14)35-4/h8-10,12,18,24-25,28,31H,6-7,11,13H2,1-5H3/t18-,24+,25?,28+/m0/s1. The molecule has 9 nitrogen and oxygen atoms in total. The Morgan fingerprint density at radius 3 is 2.63 bits per heavy atom. The van der Waals surface area contributed by atoms with Gasteiger partial charge in [-0.25, -0.2) is 0 Å². The number of carbonyl (C=O) groups excluding carboxylic acids is 3. The third kappa shape index (κ3) is 4.02. The van der Waals surface area contributed by atoms with Gasteiger partial charge >= 0.3 is 0 Å². The maximum Gasteiger partial charge on any atom is 0.265 e. The first-order valence-electron chi connectivity index (χ1n) is 12.5. The highest BCUT2D eigenvalue weighted by Gasteiger charge is 2.50. The summed E-state index contributed by atoms with van der Waals surface area (Å²) < 4.78 is 17.2. The zero-order valence-electron chi connectivity index (χ0n) is 22.1. The van der Waals surface area contributed by atoms with Gasteiger partial charge in [-0.1, -0.05) is 6.07 Å². The molecule has 202 valence electrons. The van der Waals surface area contributed by atoms with Crippen LogP contribution in [0.15, 0.2) is 18.2 Å². The van der Waals surface area contributed by atoms with Gasteiger partial charge in [-0.05, 0) is 68.1 Å². The van der Waals surface area contributed by atoms with E-state index in [2.05, 4.69) is 21.9 Å². The molecule has 0 aliphatic carbocycles. The number of benzene rings is 2. The molecule has 0 fully saturated rings. The Balaban J connectivity index is 1.80. The molecule has 1 unspecified atom stereocenters. The molecule has 0 radical (unpaired) electrons. The number of aryl methyl sites for hydroxylation is 1. The fourth-order valence-corrected chi connectivity index (χ4v) is 7.48. The number of nitrogens with zero attached hydrogens (tertiary/aromatic N) is 2. The number of ether oxygens (including phenoxy) is 3. The Morgan fingerprint density at radius 1 is 1.24 bits per heavy atom. The summed E-state index contributed by atoms with van der Waals surface area (Å²) in [6.45, 7) is 2.44. The monoisotopic (exact) mass is 540 g/mol. The molecule has 1 N–H and O–H groups in total. The molecule has 2 aromatic carbocycles. The largest absolute Gasteiger partial charge is 0.496 e. The lowest BCUT2D eigenvalue weighted by Crippen LogP contribution is -2.52. The number of aliphatic hydroxyl groups is 1. The molecule has 10 heteroatoms. The Labute approximate surface area is 226 Å². The normalized spacial score (nSPS) is 23.8. The van der Waals surface area contributed by atoms with Crippen LogP contribution in [0.3, 0.4) is 0 Å². The minimum absolute atomic E-state index is 0.0304. The molecule has 38 heavy (non-hydrogen) atoms. The maximum atomic E-state index is 13.3. The molecule has 0 amide bonds. The number of rotatable bonds is 7. The smallest absolute Gasteiger partial charge is 0.265 e. The molecule has 5 rings (SSSR count). The number of methoxy groups -OCH3 is 1. The minimum atomic E-state index is -1.12. The van der Waals surface area contributed by atoms with E-state index in [1.165, 1.54) is 11.6 Å². The highest BCUT2D eigenvalue weighted by molar-refractivity contribution is 7.98. The summed E-state index contributed by atoms with van der Waals surface area (Å²) in [7, 11) is 5.70. The van der Waals surface area contributed by atoms with Crippen LogP contribution in [0.5, 0.6) is 17.2 Å². The Bertz CT molecular complexity index is 1310. The number of carbonyl (C=O) groups is 3. The second-order valence-corrected chi connectivity index (χ2v) is 11.0. The van der Waals surface area contributed by atoms with Crippen molar-refractivity contribution in [1.82, 2.24) is 9.80 Å². The molecule has 0 spiro atoms. The quantitative estimate of drug-likeness (QED) is 0.244. The fraction of sp³-hybridized carbons (Fsp3) is 0.464. The average Bonchev–Trinajstić information content (AvgIpc) is 3.32. The molecular formula is C28H32N2O7S. The lowest BCUT2D eigenvalue weighted by molar-refractivity contribution is -0.126. The van der Waals surface area contributed by atoms with Gasteiger partial charge in [0.2, 0.25) is 12.6 Å². The van der Waals surface area contributed by atoms with Crippen molar-refractivity contribution in [3.63, 3.8) is 0 Å². The lowest BCUT2D eigenvalue weighted by Gasteiger charge is -2.50. The second kappa shape index (κ2) is 10.3. The number of ketones is 2. The number of aldehydes is 1. The number of hydrogen-bond acceptors (Lipinski definition) is 10. The van der Waals surface area contributed by atoms with Crippen LogP contribution in [0.2, 0.25) is 0 Å². The molecule has 3 heterocycles. The highest BCUT2D eigenvalue weighted by Crippen LogP contribution is 2.57. The van der Waals surface area contributed by atoms with E-state index in [0.29, 0.717) is 29.2 Å². The zero-order valence-corrected chi connectivity index (χ0v) is 23.0. The van der Waals surface area contributed by atoms with E-state index in [4.69, 9.17) is 14.2 Å². The van der Waals surface area contributed by atoms with Crippen molar-refractivity contribution in [2.24, 2.45) is 0 Å². The lowest BCUT2D eigenvalue weighted by atomic mass is 9.79. The van der Waals surface area contributed by atoms with Gasteiger partial charge < -0.3 is 24.2 Å². The summed E-state index contributed by atoms with van der Waals surface area (Å²) in [5.74, 6) is -0.385. The molecule has 4 atom stereocenters. The number of aliphatic hydroxyl groups excluding tert-OH is 1. The molecule has 0 saturated heterocycles. The van der Waals surface area contributed by atoms with E-state index >= 15 is 0 Å². The van der Waals surface area contributed by atoms with Gasteiger partial charge in [0.15, 0.2) is 17.8 Å². The summed E-state index contributed by atoms with van der Waals surface area (Å²) >= 11 is 1.57. The molecule has 0 bridgehead atoms. The van der Waals surface area contributed by atoms with Gasteiger partial charge in [0.25, 0.3) is 5.78 Å². The van der Waals surface area contributed by atoms with E-state index in [1.807, 2.05) is 27.3 Å².